The zero-order chi connectivity index (χ0) is 18.5. The van der Waals surface area contributed by atoms with Crippen LogP contribution in [0.5, 0.6) is 5.75 Å². The van der Waals surface area contributed by atoms with E-state index >= 15 is 0 Å². The van der Waals surface area contributed by atoms with Crippen LogP contribution in [0.3, 0.4) is 0 Å². The number of benzene rings is 2. The van der Waals surface area contributed by atoms with Gasteiger partial charge in [-0.05, 0) is 43.2 Å². The van der Waals surface area contributed by atoms with Gasteiger partial charge in [0.05, 0.1) is 24.3 Å². The van der Waals surface area contributed by atoms with Gasteiger partial charge in [-0.1, -0.05) is 23.8 Å². The lowest BCUT2D eigenvalue weighted by Crippen LogP contribution is -2.11. The lowest BCUT2D eigenvalue weighted by atomic mass is 10.0. The summed E-state index contributed by atoms with van der Waals surface area (Å²) in [6.07, 6.45) is 3.51. The van der Waals surface area contributed by atoms with E-state index in [4.69, 9.17) is 4.74 Å². The van der Waals surface area contributed by atoms with Crippen LogP contribution in [0.4, 0.5) is 5.69 Å². The molecule has 0 unspecified atom stereocenters. The largest absolute Gasteiger partial charge is 0.496 e. The van der Waals surface area contributed by atoms with Gasteiger partial charge >= 0.3 is 0 Å². The molecule has 0 fully saturated rings. The molecule has 1 aromatic heterocycles. The third-order valence-corrected chi connectivity index (χ3v) is 3.95. The number of carbonyl (C=O) groups is 1. The van der Waals surface area contributed by atoms with Crippen molar-refractivity contribution in [2.45, 2.75) is 13.3 Å². The van der Waals surface area contributed by atoms with E-state index in [2.05, 4.69) is 15.3 Å². The summed E-state index contributed by atoms with van der Waals surface area (Å²) in [5.41, 5.74) is 2.79. The van der Waals surface area contributed by atoms with Gasteiger partial charge in [-0.15, -0.1) is 0 Å². The molecule has 0 aliphatic heterocycles. The predicted molar refractivity (Wildman–Crippen MR) is 101 cm³/mol. The Morgan fingerprint density at radius 3 is 2.88 bits per heavy atom. The summed E-state index contributed by atoms with van der Waals surface area (Å²) in [6.45, 7) is 1.89. The van der Waals surface area contributed by atoms with Gasteiger partial charge in [0.25, 0.3) is 5.56 Å². The Morgan fingerprint density at radius 1 is 1.27 bits per heavy atom. The van der Waals surface area contributed by atoms with Crippen molar-refractivity contribution in [2.75, 3.05) is 12.4 Å². The number of rotatable bonds is 5. The molecule has 132 valence electrons. The monoisotopic (exact) mass is 349 g/mol. The number of methoxy groups -OCH3 is 1. The smallest absolute Gasteiger partial charge is 0.258 e. The first kappa shape index (κ1) is 17.4. The molecular formula is C20H19N3O3. The van der Waals surface area contributed by atoms with Gasteiger partial charge in [0.15, 0.2) is 0 Å². The van der Waals surface area contributed by atoms with Crippen LogP contribution < -0.4 is 15.6 Å². The van der Waals surface area contributed by atoms with Gasteiger partial charge < -0.3 is 15.0 Å². The summed E-state index contributed by atoms with van der Waals surface area (Å²) in [4.78, 5) is 30.7. The topological polar surface area (TPSA) is 84.1 Å². The Balaban J connectivity index is 1.74. The first-order valence-electron chi connectivity index (χ1n) is 8.14. The molecular weight excluding hydrogens is 330 g/mol. The van der Waals surface area contributed by atoms with Gasteiger partial charge in [0, 0.05) is 11.8 Å². The van der Waals surface area contributed by atoms with Crippen LogP contribution in [0, 0.1) is 0 Å². The zero-order valence-corrected chi connectivity index (χ0v) is 14.6. The van der Waals surface area contributed by atoms with Gasteiger partial charge in [0.1, 0.15) is 5.75 Å². The van der Waals surface area contributed by atoms with Gasteiger partial charge in [-0.25, -0.2) is 4.98 Å². The molecule has 26 heavy (non-hydrogen) atoms. The summed E-state index contributed by atoms with van der Waals surface area (Å²) in [7, 11) is 1.63. The van der Waals surface area contributed by atoms with E-state index in [0.29, 0.717) is 23.0 Å². The third kappa shape index (κ3) is 3.97. The van der Waals surface area contributed by atoms with E-state index in [1.54, 1.807) is 31.4 Å². The highest BCUT2D eigenvalue weighted by molar-refractivity contribution is 6.00. The average molecular weight is 349 g/mol. The number of H-pyrrole nitrogens is 1. The zero-order valence-electron chi connectivity index (χ0n) is 14.6. The molecule has 0 spiro atoms. The van der Waals surface area contributed by atoms with Crippen molar-refractivity contribution < 1.29 is 9.53 Å². The normalized spacial score (nSPS) is 11.4. The van der Waals surface area contributed by atoms with Crippen molar-refractivity contribution in [2.24, 2.45) is 0 Å². The standard InChI is InChI=1S/C20H19N3O3/c1-13(9-14-5-3-4-6-18(14)26-2)10-19(24)23-15-7-8-17-16(11-15)20(25)22-12-21-17/h3-8,10-12H,9H2,1-2H3,(H,23,24)(H,21,22,25)/b13-10+. The maximum absolute atomic E-state index is 12.3. The fraction of sp³-hybridized carbons (Fsp3) is 0.150. The van der Waals surface area contributed by atoms with Crippen molar-refractivity contribution in [3.63, 3.8) is 0 Å². The van der Waals surface area contributed by atoms with Gasteiger partial charge in [-0.2, -0.15) is 0 Å². The van der Waals surface area contributed by atoms with E-state index in [9.17, 15) is 9.59 Å². The van der Waals surface area contributed by atoms with Crippen LogP contribution in [0.1, 0.15) is 12.5 Å². The molecule has 0 atom stereocenters. The van der Waals surface area contributed by atoms with Crippen molar-refractivity contribution >= 4 is 22.5 Å². The van der Waals surface area contributed by atoms with Crippen molar-refractivity contribution in [1.82, 2.24) is 9.97 Å². The van der Waals surface area contributed by atoms with E-state index in [-0.39, 0.29) is 11.5 Å². The van der Waals surface area contributed by atoms with E-state index in [1.807, 2.05) is 31.2 Å². The number of carbonyl (C=O) groups excluding carboxylic acids is 1. The molecule has 2 aromatic carbocycles. The first-order valence-corrected chi connectivity index (χ1v) is 8.14. The Morgan fingerprint density at radius 2 is 2.08 bits per heavy atom. The van der Waals surface area contributed by atoms with Crippen LogP contribution in [0.25, 0.3) is 10.9 Å². The molecule has 0 saturated carbocycles. The van der Waals surface area contributed by atoms with Crippen molar-refractivity contribution in [1.29, 1.82) is 0 Å². The second-order valence-electron chi connectivity index (χ2n) is 5.93. The van der Waals surface area contributed by atoms with Gasteiger partial charge in [0.2, 0.25) is 5.91 Å². The minimum absolute atomic E-state index is 0.242. The number of para-hydroxylation sites is 1. The number of allylic oxidation sites excluding steroid dienone is 1. The number of nitrogens with one attached hydrogen (secondary N) is 2. The number of hydrogen-bond acceptors (Lipinski definition) is 4. The minimum atomic E-state index is -0.253. The van der Waals surface area contributed by atoms with Gasteiger partial charge in [-0.3, -0.25) is 9.59 Å². The maximum atomic E-state index is 12.3. The fourth-order valence-electron chi connectivity index (χ4n) is 2.75. The molecule has 6 nitrogen and oxygen atoms in total. The van der Waals surface area contributed by atoms with E-state index in [1.165, 1.54) is 6.33 Å². The lowest BCUT2D eigenvalue weighted by Gasteiger charge is -2.08. The number of fused-ring (bicyclic) bond motifs is 1. The average Bonchev–Trinajstić information content (AvgIpc) is 2.62. The molecule has 0 saturated heterocycles. The molecule has 0 aliphatic carbocycles. The van der Waals surface area contributed by atoms with E-state index < -0.39 is 0 Å². The highest BCUT2D eigenvalue weighted by Crippen LogP contribution is 2.20. The molecule has 0 aliphatic rings. The highest BCUT2D eigenvalue weighted by Gasteiger charge is 2.06. The number of aromatic amines is 1. The molecule has 3 rings (SSSR count). The number of hydrogen-bond donors (Lipinski definition) is 2. The summed E-state index contributed by atoms with van der Waals surface area (Å²) < 4.78 is 5.33. The first-order chi connectivity index (χ1) is 12.6. The van der Waals surface area contributed by atoms with Crippen LogP contribution in [-0.4, -0.2) is 23.0 Å². The van der Waals surface area contributed by atoms with Crippen LogP contribution in [0.15, 0.2) is 65.2 Å². The predicted octanol–water partition coefficient (Wildman–Crippen LogP) is 3.06. The number of amides is 1. The molecule has 1 heterocycles. The van der Waals surface area contributed by atoms with Crippen molar-refractivity contribution in [3.05, 3.63) is 76.4 Å². The van der Waals surface area contributed by atoms with Crippen molar-refractivity contribution in [3.8, 4) is 5.75 Å². The maximum Gasteiger partial charge on any atom is 0.258 e. The highest BCUT2D eigenvalue weighted by atomic mass is 16.5. The Labute approximate surface area is 150 Å². The molecule has 2 N–H and O–H groups in total. The fourth-order valence-corrected chi connectivity index (χ4v) is 2.75. The van der Waals surface area contributed by atoms with Crippen LogP contribution in [-0.2, 0) is 11.2 Å². The Hall–Kier alpha value is -3.41. The summed E-state index contributed by atoms with van der Waals surface area (Å²) in [6, 6.07) is 12.7. The second kappa shape index (κ2) is 7.65. The summed E-state index contributed by atoms with van der Waals surface area (Å²) in [5.74, 6) is 0.541. The number of aromatic nitrogens is 2. The quantitative estimate of drug-likeness (QED) is 0.694. The number of nitrogens with zero attached hydrogens (tertiary/aromatic N) is 1. The molecule has 1 amide bonds. The SMILES string of the molecule is COc1ccccc1C/C(C)=C/C(=O)Nc1ccc2nc[nH]c(=O)c2c1. The van der Waals surface area contributed by atoms with Crippen LogP contribution in [0.2, 0.25) is 0 Å². The third-order valence-electron chi connectivity index (χ3n) is 3.95. The molecule has 0 bridgehead atoms. The number of ether oxygens (including phenoxy) is 1. The van der Waals surface area contributed by atoms with Crippen LogP contribution >= 0.6 is 0 Å². The minimum Gasteiger partial charge on any atom is -0.496 e. The summed E-state index contributed by atoms with van der Waals surface area (Å²) in [5, 5.41) is 3.21. The molecule has 3 aromatic rings. The van der Waals surface area contributed by atoms with E-state index in [0.717, 1.165) is 16.9 Å². The Kier molecular flexibility index (Phi) is 5.12. The molecule has 6 heteroatoms. The lowest BCUT2D eigenvalue weighted by molar-refractivity contribution is -0.111. The molecule has 0 radical (unpaired) electrons. The Bertz CT molecular complexity index is 1040. The summed E-state index contributed by atoms with van der Waals surface area (Å²) >= 11 is 0. The second-order valence-corrected chi connectivity index (χ2v) is 5.93. The number of anilines is 1.